The lowest BCUT2D eigenvalue weighted by Crippen LogP contribution is -2.12. The van der Waals surface area contributed by atoms with E-state index in [0.29, 0.717) is 5.56 Å². The highest BCUT2D eigenvalue weighted by Gasteiger charge is 2.18. The summed E-state index contributed by atoms with van der Waals surface area (Å²) in [6.45, 7) is 1.50. The number of rotatable bonds is 4. The Balaban J connectivity index is 3.27. The molecule has 0 saturated heterocycles. The van der Waals surface area contributed by atoms with E-state index in [1.807, 2.05) is 5.32 Å². The highest BCUT2D eigenvalue weighted by Crippen LogP contribution is 2.30. The Hall–Kier alpha value is -2.35. The van der Waals surface area contributed by atoms with E-state index in [9.17, 15) is 20.0 Å². The average molecular weight is 255 g/mol. The van der Waals surface area contributed by atoms with E-state index < -0.39 is 22.8 Å². The maximum Gasteiger partial charge on any atom is 0.409 e. The van der Waals surface area contributed by atoms with Crippen LogP contribution in [0.4, 0.5) is 21.9 Å². The number of aliphatic hydroxyl groups is 1. The SMILES string of the molecule is CC(O)Cc1cc(NC(=O)O)cc([N+](=O)[O-])c1N. The molecule has 0 fully saturated rings. The van der Waals surface area contributed by atoms with Gasteiger partial charge in [0.2, 0.25) is 0 Å². The second-order valence-electron chi connectivity index (χ2n) is 3.81. The van der Waals surface area contributed by atoms with E-state index in [1.165, 1.54) is 13.0 Å². The topological polar surface area (TPSA) is 139 Å². The van der Waals surface area contributed by atoms with Gasteiger partial charge in [0.15, 0.2) is 0 Å². The van der Waals surface area contributed by atoms with E-state index in [1.54, 1.807) is 0 Å². The number of nitro groups is 1. The molecule has 5 N–H and O–H groups in total. The number of nitrogens with zero attached hydrogens (tertiary/aromatic N) is 1. The van der Waals surface area contributed by atoms with Crippen molar-refractivity contribution < 1.29 is 19.9 Å². The Morgan fingerprint density at radius 3 is 2.67 bits per heavy atom. The quantitative estimate of drug-likeness (QED) is 0.362. The fourth-order valence-corrected chi connectivity index (χ4v) is 1.53. The number of nitrogens with one attached hydrogen (secondary N) is 1. The van der Waals surface area contributed by atoms with Gasteiger partial charge in [-0.25, -0.2) is 4.79 Å². The second-order valence-corrected chi connectivity index (χ2v) is 3.81. The predicted molar refractivity (Wildman–Crippen MR) is 64.5 cm³/mol. The van der Waals surface area contributed by atoms with Crippen LogP contribution in [0.1, 0.15) is 12.5 Å². The van der Waals surface area contributed by atoms with Gasteiger partial charge in [-0.05, 0) is 18.6 Å². The number of benzene rings is 1. The third-order valence-corrected chi connectivity index (χ3v) is 2.21. The molecule has 0 heterocycles. The Labute approximate surface area is 102 Å². The molecule has 0 aliphatic carbocycles. The van der Waals surface area contributed by atoms with Crippen LogP contribution in [-0.2, 0) is 6.42 Å². The largest absolute Gasteiger partial charge is 0.465 e. The van der Waals surface area contributed by atoms with Crippen molar-refractivity contribution in [3.8, 4) is 0 Å². The summed E-state index contributed by atoms with van der Waals surface area (Å²) in [4.78, 5) is 20.6. The van der Waals surface area contributed by atoms with Crippen LogP contribution < -0.4 is 11.1 Å². The number of nitrogen functional groups attached to an aromatic ring is 1. The Morgan fingerprint density at radius 1 is 1.61 bits per heavy atom. The molecule has 1 amide bonds. The molecule has 0 aliphatic rings. The lowest BCUT2D eigenvalue weighted by molar-refractivity contribution is -0.383. The van der Waals surface area contributed by atoms with Gasteiger partial charge in [-0.1, -0.05) is 0 Å². The van der Waals surface area contributed by atoms with Crippen LogP contribution in [0.5, 0.6) is 0 Å². The number of nitrogens with two attached hydrogens (primary N) is 1. The number of carboxylic acid groups (broad SMARTS) is 1. The number of nitro benzene ring substituents is 1. The summed E-state index contributed by atoms with van der Waals surface area (Å²) in [5.41, 5.74) is 5.50. The van der Waals surface area contributed by atoms with Crippen molar-refractivity contribution in [1.82, 2.24) is 0 Å². The first-order chi connectivity index (χ1) is 8.31. The lowest BCUT2D eigenvalue weighted by Gasteiger charge is -2.10. The summed E-state index contributed by atoms with van der Waals surface area (Å²) in [6.07, 6.45) is -1.98. The van der Waals surface area contributed by atoms with Crippen molar-refractivity contribution in [1.29, 1.82) is 0 Å². The molecule has 18 heavy (non-hydrogen) atoms. The van der Waals surface area contributed by atoms with Crippen molar-refractivity contribution in [2.75, 3.05) is 11.1 Å². The minimum absolute atomic E-state index is 0.0408. The van der Waals surface area contributed by atoms with Crippen LogP contribution in [0.15, 0.2) is 12.1 Å². The van der Waals surface area contributed by atoms with Crippen molar-refractivity contribution in [3.05, 3.63) is 27.8 Å². The van der Waals surface area contributed by atoms with Crippen LogP contribution in [-0.4, -0.2) is 27.3 Å². The number of anilines is 2. The molecule has 0 aromatic heterocycles. The maximum absolute atomic E-state index is 10.8. The summed E-state index contributed by atoms with van der Waals surface area (Å²) in [6, 6.07) is 2.40. The molecule has 1 aromatic rings. The van der Waals surface area contributed by atoms with Gasteiger partial charge in [-0.15, -0.1) is 0 Å². The van der Waals surface area contributed by atoms with E-state index in [4.69, 9.17) is 10.8 Å². The first kappa shape index (κ1) is 13.7. The normalized spacial score (nSPS) is 11.9. The molecule has 0 radical (unpaired) electrons. The Bertz CT molecular complexity index is 487. The Kier molecular flexibility index (Phi) is 4.05. The standard InChI is InChI=1S/C10H13N3O5/c1-5(14)2-6-3-7(12-10(15)16)4-8(9(6)11)13(17)18/h3-5,12,14H,2,11H2,1H3,(H,15,16). The zero-order valence-electron chi connectivity index (χ0n) is 9.58. The number of carbonyl (C=O) groups is 1. The summed E-state index contributed by atoms with van der Waals surface area (Å²) in [7, 11) is 0. The van der Waals surface area contributed by atoms with Gasteiger partial charge in [0.1, 0.15) is 5.69 Å². The molecule has 1 rings (SSSR count). The van der Waals surface area contributed by atoms with Gasteiger partial charge in [-0.2, -0.15) is 0 Å². The van der Waals surface area contributed by atoms with Crippen molar-refractivity contribution in [3.63, 3.8) is 0 Å². The molecule has 8 heteroatoms. The first-order valence-electron chi connectivity index (χ1n) is 5.06. The number of hydrogen-bond acceptors (Lipinski definition) is 5. The van der Waals surface area contributed by atoms with Gasteiger partial charge >= 0.3 is 6.09 Å². The average Bonchev–Trinajstić information content (AvgIpc) is 2.20. The minimum Gasteiger partial charge on any atom is -0.465 e. The number of amides is 1. The molecule has 0 spiro atoms. The molecular formula is C10H13N3O5. The fourth-order valence-electron chi connectivity index (χ4n) is 1.53. The van der Waals surface area contributed by atoms with E-state index in [-0.39, 0.29) is 17.8 Å². The van der Waals surface area contributed by atoms with Gasteiger partial charge in [0, 0.05) is 12.5 Å². The third-order valence-electron chi connectivity index (χ3n) is 2.21. The smallest absolute Gasteiger partial charge is 0.409 e. The third kappa shape index (κ3) is 3.32. The zero-order valence-corrected chi connectivity index (χ0v) is 9.58. The molecule has 0 aliphatic heterocycles. The van der Waals surface area contributed by atoms with Gasteiger partial charge in [-0.3, -0.25) is 15.4 Å². The Morgan fingerprint density at radius 2 is 2.22 bits per heavy atom. The lowest BCUT2D eigenvalue weighted by atomic mass is 10.0. The summed E-state index contributed by atoms with van der Waals surface area (Å²) < 4.78 is 0. The minimum atomic E-state index is -1.34. The number of hydrogen-bond donors (Lipinski definition) is 4. The van der Waals surface area contributed by atoms with Crippen LogP contribution in [0.25, 0.3) is 0 Å². The summed E-state index contributed by atoms with van der Waals surface area (Å²) >= 11 is 0. The molecule has 1 aromatic carbocycles. The molecule has 0 saturated carbocycles. The van der Waals surface area contributed by atoms with Crippen LogP contribution >= 0.6 is 0 Å². The molecule has 0 bridgehead atoms. The molecule has 8 nitrogen and oxygen atoms in total. The van der Waals surface area contributed by atoms with Crippen molar-refractivity contribution >= 4 is 23.2 Å². The first-order valence-corrected chi connectivity index (χ1v) is 5.06. The highest BCUT2D eigenvalue weighted by molar-refractivity contribution is 5.85. The zero-order chi connectivity index (χ0) is 13.9. The van der Waals surface area contributed by atoms with Crippen LogP contribution in [0.2, 0.25) is 0 Å². The van der Waals surface area contributed by atoms with E-state index >= 15 is 0 Å². The van der Waals surface area contributed by atoms with E-state index in [0.717, 1.165) is 6.07 Å². The van der Waals surface area contributed by atoms with Crippen molar-refractivity contribution in [2.45, 2.75) is 19.4 Å². The highest BCUT2D eigenvalue weighted by atomic mass is 16.6. The van der Waals surface area contributed by atoms with Crippen LogP contribution in [0.3, 0.4) is 0 Å². The fraction of sp³-hybridized carbons (Fsp3) is 0.300. The maximum atomic E-state index is 10.8. The van der Waals surface area contributed by atoms with Crippen LogP contribution in [0, 0.1) is 10.1 Å². The molecule has 1 atom stereocenters. The molecule has 1 unspecified atom stereocenters. The van der Waals surface area contributed by atoms with Gasteiger partial charge < -0.3 is 15.9 Å². The second kappa shape index (κ2) is 5.32. The number of aliphatic hydroxyl groups excluding tert-OH is 1. The van der Waals surface area contributed by atoms with E-state index in [2.05, 4.69) is 0 Å². The summed E-state index contributed by atoms with van der Waals surface area (Å²) in [5.74, 6) is 0. The molecular weight excluding hydrogens is 242 g/mol. The van der Waals surface area contributed by atoms with Gasteiger partial charge in [0.25, 0.3) is 5.69 Å². The predicted octanol–water partition coefficient (Wildman–Crippen LogP) is 1.19. The molecule has 98 valence electrons. The summed E-state index contributed by atoms with van der Waals surface area (Å²) in [5, 5.41) is 30.6. The van der Waals surface area contributed by atoms with Gasteiger partial charge in [0.05, 0.1) is 16.7 Å². The van der Waals surface area contributed by atoms with Crippen molar-refractivity contribution in [2.24, 2.45) is 0 Å². The monoisotopic (exact) mass is 255 g/mol.